The van der Waals surface area contributed by atoms with Crippen LogP contribution in [0.15, 0.2) is 23.9 Å². The van der Waals surface area contributed by atoms with Crippen molar-refractivity contribution in [3.8, 4) is 0 Å². The quantitative estimate of drug-likeness (QED) is 0.858. The highest BCUT2D eigenvalue weighted by Gasteiger charge is 2.12. The molecule has 0 saturated carbocycles. The number of aromatic carboxylic acids is 1. The number of pyridine rings is 1. The molecule has 0 aliphatic carbocycles. The zero-order valence-corrected chi connectivity index (χ0v) is 9.14. The van der Waals surface area contributed by atoms with Crippen LogP contribution in [-0.2, 0) is 0 Å². The Hall–Kier alpha value is -1.26. The summed E-state index contributed by atoms with van der Waals surface area (Å²) in [6.07, 6.45) is 1.36. The summed E-state index contributed by atoms with van der Waals surface area (Å²) in [5.41, 5.74) is -0.00523. The molecule has 0 aliphatic rings. The second-order valence-electron chi connectivity index (χ2n) is 2.70. The summed E-state index contributed by atoms with van der Waals surface area (Å²) in [5, 5.41) is 12.0. The topological polar surface area (TPSA) is 62.2 Å². The molecule has 15 heavy (non-hydrogen) atoms. The Morgan fingerprint density at radius 3 is 2.87 bits per heavy atom. The summed E-state index contributed by atoms with van der Waals surface area (Å²) >= 11 is 11.3. The van der Waals surface area contributed by atoms with E-state index in [-0.39, 0.29) is 22.9 Å². The maximum absolute atomic E-state index is 10.7. The van der Waals surface area contributed by atoms with E-state index < -0.39 is 5.97 Å². The van der Waals surface area contributed by atoms with Gasteiger partial charge in [0.1, 0.15) is 5.82 Å². The molecule has 0 spiro atoms. The molecule has 0 atom stereocenters. The average Bonchev–Trinajstić information content (AvgIpc) is 2.15. The highest BCUT2D eigenvalue weighted by atomic mass is 35.5. The van der Waals surface area contributed by atoms with Gasteiger partial charge in [-0.1, -0.05) is 29.8 Å². The predicted molar refractivity (Wildman–Crippen MR) is 59.7 cm³/mol. The Labute approximate surface area is 96.5 Å². The highest BCUT2D eigenvalue weighted by Crippen LogP contribution is 2.23. The second kappa shape index (κ2) is 5.00. The van der Waals surface area contributed by atoms with E-state index in [4.69, 9.17) is 28.3 Å². The minimum atomic E-state index is -1.10. The van der Waals surface area contributed by atoms with Gasteiger partial charge < -0.3 is 10.4 Å². The van der Waals surface area contributed by atoms with Gasteiger partial charge in [0.15, 0.2) is 0 Å². The molecule has 0 radical (unpaired) electrons. The van der Waals surface area contributed by atoms with Crippen molar-refractivity contribution in [3.05, 3.63) is 34.5 Å². The van der Waals surface area contributed by atoms with Crippen LogP contribution in [0.5, 0.6) is 0 Å². The maximum Gasteiger partial charge on any atom is 0.337 e. The van der Waals surface area contributed by atoms with Crippen LogP contribution in [0.1, 0.15) is 10.4 Å². The van der Waals surface area contributed by atoms with Crippen LogP contribution in [0.25, 0.3) is 0 Å². The molecule has 0 unspecified atom stereocenters. The van der Waals surface area contributed by atoms with Crippen molar-refractivity contribution in [3.63, 3.8) is 0 Å². The Morgan fingerprint density at radius 1 is 1.67 bits per heavy atom. The van der Waals surface area contributed by atoms with E-state index >= 15 is 0 Å². The summed E-state index contributed by atoms with van der Waals surface area (Å²) in [6, 6.07) is 1.32. The Bertz CT molecular complexity index is 407. The van der Waals surface area contributed by atoms with E-state index in [1.165, 1.54) is 12.3 Å². The molecule has 2 N–H and O–H groups in total. The molecule has 0 aromatic carbocycles. The van der Waals surface area contributed by atoms with Gasteiger partial charge in [0.05, 0.1) is 17.1 Å². The van der Waals surface area contributed by atoms with Crippen molar-refractivity contribution in [2.75, 3.05) is 11.9 Å². The van der Waals surface area contributed by atoms with Crippen molar-refractivity contribution >= 4 is 35.0 Å². The van der Waals surface area contributed by atoms with Gasteiger partial charge in [0.25, 0.3) is 0 Å². The van der Waals surface area contributed by atoms with Crippen LogP contribution in [0, 0.1) is 0 Å². The van der Waals surface area contributed by atoms with Crippen LogP contribution in [-0.4, -0.2) is 22.6 Å². The molecular formula is C9H8Cl2N2O2. The van der Waals surface area contributed by atoms with Crippen LogP contribution < -0.4 is 5.32 Å². The fourth-order valence-electron chi connectivity index (χ4n) is 0.912. The van der Waals surface area contributed by atoms with Gasteiger partial charge >= 0.3 is 5.97 Å². The van der Waals surface area contributed by atoms with Gasteiger partial charge in [-0.25, -0.2) is 9.78 Å². The van der Waals surface area contributed by atoms with Gasteiger partial charge in [0.2, 0.25) is 0 Å². The van der Waals surface area contributed by atoms with Crippen LogP contribution in [0.3, 0.4) is 0 Å². The highest BCUT2D eigenvalue weighted by molar-refractivity contribution is 6.35. The lowest BCUT2D eigenvalue weighted by atomic mass is 10.2. The Kier molecular flexibility index (Phi) is 3.94. The first kappa shape index (κ1) is 11.8. The number of nitrogens with one attached hydrogen (secondary N) is 1. The second-order valence-corrected chi connectivity index (χ2v) is 3.61. The zero-order chi connectivity index (χ0) is 11.4. The molecule has 0 aliphatic heterocycles. The maximum atomic E-state index is 10.7. The summed E-state index contributed by atoms with van der Waals surface area (Å²) < 4.78 is 0. The standard InChI is InChI=1S/C9H8Cl2N2O2/c1-5(10)4-13-8-7(11)6(9(14)15)2-3-12-8/h2-3H,1,4H2,(H,12,13)(H,14,15). The van der Waals surface area contributed by atoms with Gasteiger partial charge in [-0.3, -0.25) is 0 Å². The summed E-state index contributed by atoms with van der Waals surface area (Å²) in [4.78, 5) is 14.6. The summed E-state index contributed by atoms with van der Waals surface area (Å²) in [5.74, 6) is -0.825. The molecule has 0 amide bonds. The number of rotatable bonds is 4. The molecular weight excluding hydrogens is 239 g/mol. The first-order valence-corrected chi connectivity index (χ1v) is 4.73. The Balaban J connectivity index is 2.94. The molecule has 0 saturated heterocycles. The van der Waals surface area contributed by atoms with Crippen molar-refractivity contribution in [2.45, 2.75) is 0 Å². The number of hydrogen-bond donors (Lipinski definition) is 2. The monoisotopic (exact) mass is 246 g/mol. The van der Waals surface area contributed by atoms with E-state index in [1.54, 1.807) is 0 Å². The number of aromatic nitrogens is 1. The fraction of sp³-hybridized carbons (Fsp3) is 0.111. The molecule has 6 heteroatoms. The van der Waals surface area contributed by atoms with Gasteiger partial charge in [0, 0.05) is 11.2 Å². The average molecular weight is 247 g/mol. The zero-order valence-electron chi connectivity index (χ0n) is 7.63. The van der Waals surface area contributed by atoms with Gasteiger partial charge in [-0.15, -0.1) is 0 Å². The van der Waals surface area contributed by atoms with Crippen molar-refractivity contribution in [2.24, 2.45) is 0 Å². The largest absolute Gasteiger partial charge is 0.478 e. The van der Waals surface area contributed by atoms with E-state index in [9.17, 15) is 4.79 Å². The third-order valence-electron chi connectivity index (χ3n) is 1.57. The van der Waals surface area contributed by atoms with E-state index in [1.807, 2.05) is 0 Å². The number of carboxylic acid groups (broad SMARTS) is 1. The molecule has 4 nitrogen and oxygen atoms in total. The predicted octanol–water partition coefficient (Wildman–Crippen LogP) is 2.60. The first-order valence-electron chi connectivity index (χ1n) is 3.97. The minimum absolute atomic E-state index is 0.00523. The molecule has 1 aromatic heterocycles. The smallest absolute Gasteiger partial charge is 0.337 e. The number of anilines is 1. The van der Waals surface area contributed by atoms with E-state index in [0.29, 0.717) is 5.03 Å². The lowest BCUT2D eigenvalue weighted by molar-refractivity contribution is 0.0697. The summed E-state index contributed by atoms with van der Waals surface area (Å²) in [6.45, 7) is 3.75. The molecule has 1 aromatic rings. The molecule has 1 rings (SSSR count). The van der Waals surface area contributed by atoms with E-state index in [2.05, 4.69) is 16.9 Å². The SMILES string of the molecule is C=C(Cl)CNc1nccc(C(=O)O)c1Cl. The molecule has 0 fully saturated rings. The number of carboxylic acids is 1. The van der Waals surface area contributed by atoms with Crippen molar-refractivity contribution in [1.82, 2.24) is 4.98 Å². The van der Waals surface area contributed by atoms with Crippen molar-refractivity contribution in [1.29, 1.82) is 0 Å². The number of hydrogen-bond acceptors (Lipinski definition) is 3. The number of halogens is 2. The molecule has 80 valence electrons. The van der Waals surface area contributed by atoms with E-state index in [0.717, 1.165) is 0 Å². The fourth-order valence-corrected chi connectivity index (χ4v) is 1.24. The first-order chi connectivity index (χ1) is 7.02. The normalized spacial score (nSPS) is 9.73. The third-order valence-corrected chi connectivity index (χ3v) is 2.08. The minimum Gasteiger partial charge on any atom is -0.478 e. The van der Waals surface area contributed by atoms with Crippen LogP contribution >= 0.6 is 23.2 Å². The molecule has 0 bridgehead atoms. The Morgan fingerprint density at radius 2 is 2.33 bits per heavy atom. The molecule has 1 heterocycles. The summed E-state index contributed by atoms with van der Waals surface area (Å²) in [7, 11) is 0. The van der Waals surface area contributed by atoms with Crippen LogP contribution in [0.4, 0.5) is 5.82 Å². The third kappa shape index (κ3) is 3.11. The lowest BCUT2D eigenvalue weighted by Crippen LogP contribution is -2.06. The van der Waals surface area contributed by atoms with Gasteiger partial charge in [-0.05, 0) is 6.07 Å². The number of nitrogens with zero attached hydrogens (tertiary/aromatic N) is 1. The van der Waals surface area contributed by atoms with Crippen LogP contribution in [0.2, 0.25) is 5.02 Å². The lowest BCUT2D eigenvalue weighted by Gasteiger charge is -2.07. The van der Waals surface area contributed by atoms with Crippen molar-refractivity contribution < 1.29 is 9.90 Å². The number of carbonyl (C=O) groups is 1. The van der Waals surface area contributed by atoms with Gasteiger partial charge in [-0.2, -0.15) is 0 Å².